The molecule has 2 amide bonds. The molecule has 3 rings (SSSR count). The van der Waals surface area contributed by atoms with Crippen LogP contribution in [-0.4, -0.2) is 40.6 Å². The van der Waals surface area contributed by atoms with Crippen molar-refractivity contribution in [3.63, 3.8) is 0 Å². The number of hydrogen-bond donors (Lipinski definition) is 3. The van der Waals surface area contributed by atoms with Gasteiger partial charge in [0.15, 0.2) is 6.10 Å². The second-order valence-electron chi connectivity index (χ2n) is 9.86. The standard InChI is InChI=1S/C28H39N3O3/c1-20(2)23-12-14-24(15-13-23)27(33)31-25(18-21-8-4-3-5-9-21)26(32)28(34)30-17-7-11-22-10-6-16-29-19-22/h3-6,8-10,16,19-20,23-26,32H,7,11-15,17-18H2,1-2H3,(H,30,34)(H,31,33)/t23?,24?,25-,26-/m0/s1. The zero-order valence-corrected chi connectivity index (χ0v) is 20.5. The lowest BCUT2D eigenvalue weighted by Gasteiger charge is -2.32. The molecule has 34 heavy (non-hydrogen) atoms. The van der Waals surface area contributed by atoms with Crippen molar-refractivity contribution in [2.75, 3.05) is 6.54 Å². The van der Waals surface area contributed by atoms with Gasteiger partial charge in [-0.05, 0) is 74.0 Å². The Morgan fingerprint density at radius 1 is 1.03 bits per heavy atom. The third kappa shape index (κ3) is 7.94. The molecule has 2 aromatic rings. The molecule has 6 nitrogen and oxygen atoms in total. The lowest BCUT2D eigenvalue weighted by molar-refractivity contribution is -0.133. The van der Waals surface area contributed by atoms with E-state index in [0.29, 0.717) is 24.8 Å². The molecule has 1 fully saturated rings. The normalized spacial score (nSPS) is 19.9. The Labute approximate surface area is 203 Å². The van der Waals surface area contributed by atoms with E-state index in [1.807, 2.05) is 48.7 Å². The summed E-state index contributed by atoms with van der Waals surface area (Å²) in [6.07, 6.45) is 8.03. The number of carbonyl (C=O) groups is 2. The predicted molar refractivity (Wildman–Crippen MR) is 134 cm³/mol. The predicted octanol–water partition coefficient (Wildman–Crippen LogP) is 3.68. The van der Waals surface area contributed by atoms with E-state index in [1.165, 1.54) is 0 Å². The fraction of sp³-hybridized carbons (Fsp3) is 0.536. The van der Waals surface area contributed by atoms with Crippen molar-refractivity contribution < 1.29 is 14.7 Å². The molecule has 0 unspecified atom stereocenters. The number of rotatable bonds is 11. The lowest BCUT2D eigenvalue weighted by atomic mass is 9.76. The Balaban J connectivity index is 1.55. The quantitative estimate of drug-likeness (QED) is 0.442. The van der Waals surface area contributed by atoms with Crippen LogP contribution in [0, 0.1) is 17.8 Å². The van der Waals surface area contributed by atoms with Gasteiger partial charge in [0.25, 0.3) is 5.91 Å². The minimum absolute atomic E-state index is 0.0495. The molecule has 0 saturated heterocycles. The van der Waals surface area contributed by atoms with E-state index < -0.39 is 18.1 Å². The molecule has 0 aliphatic heterocycles. The Hall–Kier alpha value is -2.73. The first-order valence-electron chi connectivity index (χ1n) is 12.6. The van der Waals surface area contributed by atoms with Crippen molar-refractivity contribution in [1.82, 2.24) is 15.6 Å². The summed E-state index contributed by atoms with van der Waals surface area (Å²) in [5.74, 6) is 0.760. The molecule has 0 bridgehead atoms. The summed E-state index contributed by atoms with van der Waals surface area (Å²) in [6.45, 7) is 4.94. The summed E-state index contributed by atoms with van der Waals surface area (Å²) in [4.78, 5) is 29.9. The average Bonchev–Trinajstić information content (AvgIpc) is 2.87. The van der Waals surface area contributed by atoms with Gasteiger partial charge in [-0.1, -0.05) is 50.2 Å². The van der Waals surface area contributed by atoms with Crippen LogP contribution in [0.15, 0.2) is 54.9 Å². The summed E-state index contributed by atoms with van der Waals surface area (Å²) in [6, 6.07) is 12.9. The van der Waals surface area contributed by atoms with E-state index in [0.717, 1.165) is 49.7 Å². The third-order valence-electron chi connectivity index (χ3n) is 7.03. The second kappa shape index (κ2) is 13.2. The highest BCUT2D eigenvalue weighted by Crippen LogP contribution is 2.33. The molecule has 6 heteroatoms. The molecular formula is C28H39N3O3. The van der Waals surface area contributed by atoms with Gasteiger partial charge in [-0.25, -0.2) is 0 Å². The summed E-state index contributed by atoms with van der Waals surface area (Å²) in [7, 11) is 0. The Morgan fingerprint density at radius 3 is 2.38 bits per heavy atom. The molecule has 0 spiro atoms. The van der Waals surface area contributed by atoms with Crippen molar-refractivity contribution in [1.29, 1.82) is 0 Å². The van der Waals surface area contributed by atoms with E-state index in [2.05, 4.69) is 29.5 Å². The van der Waals surface area contributed by atoms with Gasteiger partial charge in [-0.3, -0.25) is 14.6 Å². The van der Waals surface area contributed by atoms with Gasteiger partial charge in [0, 0.05) is 24.9 Å². The number of amides is 2. The number of benzene rings is 1. The molecule has 184 valence electrons. The maximum Gasteiger partial charge on any atom is 0.251 e. The summed E-state index contributed by atoms with van der Waals surface area (Å²) in [5.41, 5.74) is 2.08. The minimum Gasteiger partial charge on any atom is -0.381 e. The van der Waals surface area contributed by atoms with Gasteiger partial charge in [0.1, 0.15) is 0 Å². The monoisotopic (exact) mass is 465 g/mol. The number of aromatic nitrogens is 1. The number of carbonyl (C=O) groups excluding carboxylic acids is 2. The van der Waals surface area contributed by atoms with E-state index in [4.69, 9.17) is 0 Å². The molecule has 3 N–H and O–H groups in total. The van der Waals surface area contributed by atoms with E-state index in [-0.39, 0.29) is 11.8 Å². The van der Waals surface area contributed by atoms with Crippen molar-refractivity contribution in [2.45, 2.75) is 70.9 Å². The van der Waals surface area contributed by atoms with Crippen LogP contribution >= 0.6 is 0 Å². The van der Waals surface area contributed by atoms with Crippen molar-refractivity contribution >= 4 is 11.8 Å². The van der Waals surface area contributed by atoms with Crippen LogP contribution in [0.4, 0.5) is 0 Å². The number of nitrogens with one attached hydrogen (secondary N) is 2. The summed E-state index contributed by atoms with van der Waals surface area (Å²) in [5, 5.41) is 16.7. The van der Waals surface area contributed by atoms with E-state index in [1.54, 1.807) is 6.20 Å². The SMILES string of the molecule is CC(C)C1CCC(C(=O)N[C@@H](Cc2ccccc2)[C@H](O)C(=O)NCCCc2cccnc2)CC1. The molecule has 1 saturated carbocycles. The highest BCUT2D eigenvalue weighted by atomic mass is 16.3. The first kappa shape index (κ1) is 25.9. The van der Waals surface area contributed by atoms with E-state index in [9.17, 15) is 14.7 Å². The van der Waals surface area contributed by atoms with E-state index >= 15 is 0 Å². The molecular weight excluding hydrogens is 426 g/mol. The molecule has 1 heterocycles. The van der Waals surface area contributed by atoms with Gasteiger partial charge in [-0.2, -0.15) is 0 Å². The van der Waals surface area contributed by atoms with Crippen LogP contribution in [0.1, 0.15) is 57.1 Å². The maximum absolute atomic E-state index is 13.1. The summed E-state index contributed by atoms with van der Waals surface area (Å²) < 4.78 is 0. The maximum atomic E-state index is 13.1. The Kier molecular flexibility index (Phi) is 10.1. The van der Waals surface area contributed by atoms with Crippen LogP contribution in [-0.2, 0) is 22.4 Å². The third-order valence-corrected chi connectivity index (χ3v) is 7.03. The molecule has 2 atom stereocenters. The van der Waals surface area contributed by atoms with Crippen molar-refractivity contribution in [3.8, 4) is 0 Å². The van der Waals surface area contributed by atoms with Gasteiger partial charge in [-0.15, -0.1) is 0 Å². The van der Waals surface area contributed by atoms with Gasteiger partial charge >= 0.3 is 0 Å². The van der Waals surface area contributed by atoms with Gasteiger partial charge < -0.3 is 15.7 Å². The first-order chi connectivity index (χ1) is 16.4. The van der Waals surface area contributed by atoms with Crippen LogP contribution < -0.4 is 10.6 Å². The fourth-order valence-electron chi connectivity index (χ4n) is 4.80. The zero-order valence-electron chi connectivity index (χ0n) is 20.5. The molecule has 1 aromatic heterocycles. The number of aliphatic hydroxyl groups is 1. The largest absolute Gasteiger partial charge is 0.381 e. The van der Waals surface area contributed by atoms with Crippen molar-refractivity contribution in [3.05, 3.63) is 66.0 Å². The van der Waals surface area contributed by atoms with Gasteiger partial charge in [0.2, 0.25) is 5.91 Å². The lowest BCUT2D eigenvalue weighted by Crippen LogP contribution is -2.53. The number of nitrogens with zero attached hydrogens (tertiary/aromatic N) is 1. The van der Waals surface area contributed by atoms with Crippen LogP contribution in [0.25, 0.3) is 0 Å². The molecule has 1 aliphatic rings. The number of hydrogen-bond acceptors (Lipinski definition) is 4. The Morgan fingerprint density at radius 2 is 1.74 bits per heavy atom. The average molecular weight is 466 g/mol. The zero-order chi connectivity index (χ0) is 24.3. The van der Waals surface area contributed by atoms with Gasteiger partial charge in [0.05, 0.1) is 6.04 Å². The molecule has 0 radical (unpaired) electrons. The summed E-state index contributed by atoms with van der Waals surface area (Å²) >= 11 is 0. The molecule has 1 aromatic carbocycles. The number of aliphatic hydroxyl groups excluding tert-OH is 1. The Bertz CT molecular complexity index is 880. The highest BCUT2D eigenvalue weighted by molar-refractivity contribution is 5.84. The van der Waals surface area contributed by atoms with Crippen LogP contribution in [0.5, 0.6) is 0 Å². The second-order valence-corrected chi connectivity index (χ2v) is 9.86. The number of aryl methyl sites for hydroxylation is 1. The fourth-order valence-corrected chi connectivity index (χ4v) is 4.80. The number of pyridine rings is 1. The topological polar surface area (TPSA) is 91.3 Å². The smallest absolute Gasteiger partial charge is 0.251 e. The minimum atomic E-state index is -1.31. The highest BCUT2D eigenvalue weighted by Gasteiger charge is 2.32. The first-order valence-corrected chi connectivity index (χ1v) is 12.6. The molecule has 1 aliphatic carbocycles. The van der Waals surface area contributed by atoms with Crippen molar-refractivity contribution in [2.24, 2.45) is 17.8 Å². The van der Waals surface area contributed by atoms with Crippen LogP contribution in [0.3, 0.4) is 0 Å². The van der Waals surface area contributed by atoms with Crippen LogP contribution in [0.2, 0.25) is 0 Å².